The van der Waals surface area contributed by atoms with Crippen LogP contribution in [0.3, 0.4) is 0 Å². The van der Waals surface area contributed by atoms with Crippen molar-refractivity contribution in [1.82, 2.24) is 5.43 Å². The fraction of sp³-hybridized carbons (Fsp3) is 0.300. The third-order valence-corrected chi connectivity index (χ3v) is 3.67. The molecule has 27 heavy (non-hydrogen) atoms. The van der Waals surface area contributed by atoms with Gasteiger partial charge in [-0.15, -0.1) is 12.4 Å². The second-order valence-corrected chi connectivity index (χ2v) is 7.24. The van der Waals surface area contributed by atoms with E-state index < -0.39 is 5.24 Å². The molecule has 0 atom stereocenters. The van der Waals surface area contributed by atoms with E-state index in [0.717, 1.165) is 11.1 Å². The first-order valence-electron chi connectivity index (χ1n) is 7.98. The summed E-state index contributed by atoms with van der Waals surface area (Å²) in [5, 5.41) is -0.790. The molecule has 0 aliphatic heterocycles. The van der Waals surface area contributed by atoms with Crippen molar-refractivity contribution in [3.63, 3.8) is 0 Å². The van der Waals surface area contributed by atoms with E-state index in [1.807, 2.05) is 52.8 Å². The maximum atomic E-state index is 10.8. The standard InChI is InChI=1S/C9H9ClO.C7H5ClO.C4H12N2.ClH/c1-6-4-3-5-8(7(6)2)9(10)11;8-7(9)6-4-2-1-3-5-6;1-4(2,3)6-5;/h3-5H,1-2H3;1-5H;6H,5H2,1-3H3;1H. The Morgan fingerprint density at radius 3 is 1.67 bits per heavy atom. The van der Waals surface area contributed by atoms with Crippen LogP contribution in [0.2, 0.25) is 0 Å². The van der Waals surface area contributed by atoms with Gasteiger partial charge in [0, 0.05) is 16.7 Å². The SMILES string of the molecule is CC(C)(C)NN.Cc1cccc(C(=O)Cl)c1C.Cl.O=C(Cl)c1ccccc1. The highest BCUT2D eigenvalue weighted by molar-refractivity contribution is 6.68. The number of hydrazine groups is 1. The van der Waals surface area contributed by atoms with Crippen molar-refractivity contribution in [3.05, 3.63) is 70.8 Å². The molecule has 3 N–H and O–H groups in total. The normalized spacial score (nSPS) is 9.63. The highest BCUT2D eigenvalue weighted by Crippen LogP contribution is 2.14. The molecule has 0 aliphatic carbocycles. The molecule has 0 bridgehead atoms. The highest BCUT2D eigenvalue weighted by Gasteiger charge is 2.05. The molecule has 2 aromatic rings. The second-order valence-electron chi connectivity index (χ2n) is 6.56. The summed E-state index contributed by atoms with van der Waals surface area (Å²) in [6, 6.07) is 14.3. The van der Waals surface area contributed by atoms with E-state index in [1.165, 1.54) is 0 Å². The maximum Gasteiger partial charge on any atom is 0.252 e. The summed E-state index contributed by atoms with van der Waals surface area (Å²) in [7, 11) is 0. The Kier molecular flexibility index (Phi) is 14.1. The van der Waals surface area contributed by atoms with Gasteiger partial charge < -0.3 is 0 Å². The minimum atomic E-state index is -0.407. The van der Waals surface area contributed by atoms with Gasteiger partial charge in [0.05, 0.1) is 0 Å². The molecule has 2 aromatic carbocycles. The minimum Gasteiger partial charge on any atom is -0.276 e. The maximum absolute atomic E-state index is 10.8. The number of carbonyl (C=O) groups excluding carboxylic acids is 2. The van der Waals surface area contributed by atoms with Gasteiger partial charge in [0.2, 0.25) is 0 Å². The molecule has 0 aromatic heterocycles. The van der Waals surface area contributed by atoms with Crippen LogP contribution in [0.25, 0.3) is 0 Å². The number of carbonyl (C=O) groups is 2. The molecule has 0 saturated heterocycles. The molecular weight excluding hydrogens is 407 g/mol. The molecule has 7 heteroatoms. The third-order valence-electron chi connectivity index (χ3n) is 3.25. The predicted octanol–water partition coefficient (Wildman–Crippen LogP) is 5.42. The van der Waals surface area contributed by atoms with Crippen LogP contribution < -0.4 is 11.3 Å². The number of halogens is 3. The lowest BCUT2D eigenvalue weighted by atomic mass is 10.0. The summed E-state index contributed by atoms with van der Waals surface area (Å²) in [6.45, 7) is 9.87. The molecule has 0 spiro atoms. The average molecular weight is 434 g/mol. The Hall–Kier alpha value is -1.43. The Morgan fingerprint density at radius 2 is 1.37 bits per heavy atom. The van der Waals surface area contributed by atoms with E-state index in [9.17, 15) is 9.59 Å². The van der Waals surface area contributed by atoms with Crippen LogP contribution in [0.4, 0.5) is 0 Å². The van der Waals surface area contributed by atoms with Gasteiger partial charge in [-0.3, -0.25) is 20.9 Å². The average Bonchev–Trinajstić information content (AvgIpc) is 2.58. The van der Waals surface area contributed by atoms with E-state index in [4.69, 9.17) is 29.0 Å². The summed E-state index contributed by atoms with van der Waals surface area (Å²) in [5.41, 5.74) is 5.88. The zero-order valence-corrected chi connectivity index (χ0v) is 18.5. The Morgan fingerprint density at radius 1 is 0.889 bits per heavy atom. The minimum absolute atomic E-state index is 0. The topological polar surface area (TPSA) is 72.2 Å². The zero-order chi connectivity index (χ0) is 20.3. The molecule has 0 unspecified atom stereocenters. The fourth-order valence-corrected chi connectivity index (χ4v) is 1.86. The summed E-state index contributed by atoms with van der Waals surface area (Å²) in [6.07, 6.45) is 0. The van der Waals surface area contributed by atoms with E-state index in [-0.39, 0.29) is 23.2 Å². The number of hydrogen-bond donors (Lipinski definition) is 2. The summed E-state index contributed by atoms with van der Waals surface area (Å²) in [4.78, 5) is 21.2. The summed E-state index contributed by atoms with van der Waals surface area (Å²) in [5.74, 6) is 5.06. The Bertz CT molecular complexity index is 715. The smallest absolute Gasteiger partial charge is 0.252 e. The molecule has 2 rings (SSSR count). The van der Waals surface area contributed by atoms with Gasteiger partial charge >= 0.3 is 0 Å². The predicted molar refractivity (Wildman–Crippen MR) is 117 cm³/mol. The molecule has 0 fully saturated rings. The van der Waals surface area contributed by atoms with Crippen LogP contribution in [0.1, 0.15) is 52.6 Å². The Labute approximate surface area is 177 Å². The van der Waals surface area contributed by atoms with Crippen LogP contribution in [-0.4, -0.2) is 16.0 Å². The lowest BCUT2D eigenvalue weighted by molar-refractivity contribution is 0.107. The van der Waals surface area contributed by atoms with Crippen LogP contribution in [0.15, 0.2) is 48.5 Å². The molecule has 150 valence electrons. The first-order chi connectivity index (χ1) is 12.0. The summed E-state index contributed by atoms with van der Waals surface area (Å²) < 4.78 is 0. The van der Waals surface area contributed by atoms with Gasteiger partial charge in [0.25, 0.3) is 10.5 Å². The van der Waals surface area contributed by atoms with Gasteiger partial charge in [-0.2, -0.15) is 0 Å². The molecule has 0 radical (unpaired) electrons. The summed E-state index contributed by atoms with van der Waals surface area (Å²) >= 11 is 10.5. The number of benzene rings is 2. The van der Waals surface area contributed by atoms with Gasteiger partial charge in [0.15, 0.2) is 0 Å². The monoisotopic (exact) mass is 432 g/mol. The van der Waals surface area contributed by atoms with E-state index >= 15 is 0 Å². The molecular formula is C20H27Cl3N2O2. The Balaban J connectivity index is 0. The van der Waals surface area contributed by atoms with Crippen LogP contribution in [0, 0.1) is 13.8 Å². The quantitative estimate of drug-likeness (QED) is 0.377. The van der Waals surface area contributed by atoms with Gasteiger partial charge in [-0.25, -0.2) is 0 Å². The molecule has 0 saturated carbocycles. The number of rotatable bonds is 2. The molecule has 0 aliphatic rings. The van der Waals surface area contributed by atoms with Crippen LogP contribution in [0.5, 0.6) is 0 Å². The number of hydrogen-bond acceptors (Lipinski definition) is 4. The fourth-order valence-electron chi connectivity index (χ4n) is 1.53. The van der Waals surface area contributed by atoms with Gasteiger partial charge in [-0.05, 0) is 75.0 Å². The first-order valence-corrected chi connectivity index (χ1v) is 8.74. The number of nitrogens with one attached hydrogen (secondary N) is 1. The van der Waals surface area contributed by atoms with Crippen molar-refractivity contribution < 1.29 is 9.59 Å². The lowest BCUT2D eigenvalue weighted by Crippen LogP contribution is -2.41. The third kappa shape index (κ3) is 12.6. The van der Waals surface area contributed by atoms with Crippen molar-refractivity contribution in [2.45, 2.75) is 40.2 Å². The largest absolute Gasteiger partial charge is 0.276 e. The molecule has 0 amide bonds. The van der Waals surface area contributed by atoms with Gasteiger partial charge in [-0.1, -0.05) is 42.5 Å². The van der Waals surface area contributed by atoms with Crippen LogP contribution >= 0.6 is 35.6 Å². The van der Waals surface area contributed by atoms with Crippen molar-refractivity contribution in [2.24, 2.45) is 5.84 Å². The van der Waals surface area contributed by atoms with E-state index in [0.29, 0.717) is 11.1 Å². The van der Waals surface area contributed by atoms with E-state index in [2.05, 4.69) is 5.43 Å². The second kappa shape index (κ2) is 13.7. The van der Waals surface area contributed by atoms with Crippen molar-refractivity contribution >= 4 is 46.1 Å². The van der Waals surface area contributed by atoms with Crippen molar-refractivity contribution in [1.29, 1.82) is 0 Å². The van der Waals surface area contributed by atoms with Crippen molar-refractivity contribution in [3.8, 4) is 0 Å². The van der Waals surface area contributed by atoms with Gasteiger partial charge in [0.1, 0.15) is 0 Å². The lowest BCUT2D eigenvalue weighted by Gasteiger charge is -2.14. The molecule has 4 nitrogen and oxygen atoms in total. The first kappa shape index (κ1) is 27.8. The van der Waals surface area contributed by atoms with Crippen molar-refractivity contribution in [2.75, 3.05) is 0 Å². The zero-order valence-electron chi connectivity index (χ0n) is 16.2. The highest BCUT2D eigenvalue weighted by atomic mass is 35.5. The van der Waals surface area contributed by atoms with E-state index in [1.54, 1.807) is 30.3 Å². The molecule has 0 heterocycles. The van der Waals surface area contributed by atoms with Crippen LogP contribution in [-0.2, 0) is 0 Å². The number of aryl methyl sites for hydroxylation is 1. The number of nitrogens with two attached hydrogens (primary N) is 1.